The standard InChI is InChI=1S/C14H21Cl2N/c1-10(2)7-11(9-17-3)8-12-13(15)5-4-6-14(12)16/h4-6,10-11,17H,7-9H2,1-3H3. The van der Waals surface area contributed by atoms with Crippen LogP contribution in [0.25, 0.3) is 0 Å². The fourth-order valence-corrected chi connectivity index (χ4v) is 2.76. The van der Waals surface area contributed by atoms with Crippen LogP contribution in [-0.4, -0.2) is 13.6 Å². The lowest BCUT2D eigenvalue weighted by molar-refractivity contribution is 0.395. The van der Waals surface area contributed by atoms with Gasteiger partial charge in [-0.25, -0.2) is 0 Å². The Hall–Kier alpha value is -0.240. The molecule has 1 atom stereocenters. The molecule has 0 bridgehead atoms. The molecule has 0 aliphatic rings. The lowest BCUT2D eigenvalue weighted by atomic mass is 9.91. The van der Waals surface area contributed by atoms with Crippen molar-refractivity contribution in [3.05, 3.63) is 33.8 Å². The van der Waals surface area contributed by atoms with Crippen molar-refractivity contribution >= 4 is 23.2 Å². The quantitative estimate of drug-likeness (QED) is 0.809. The number of nitrogens with one attached hydrogen (secondary N) is 1. The van der Waals surface area contributed by atoms with E-state index in [-0.39, 0.29) is 0 Å². The molecule has 1 N–H and O–H groups in total. The fraction of sp³-hybridized carbons (Fsp3) is 0.571. The van der Waals surface area contributed by atoms with Crippen molar-refractivity contribution in [2.45, 2.75) is 26.7 Å². The second-order valence-electron chi connectivity index (χ2n) is 4.96. The first-order valence-electron chi connectivity index (χ1n) is 6.12. The van der Waals surface area contributed by atoms with Gasteiger partial charge in [-0.1, -0.05) is 43.1 Å². The smallest absolute Gasteiger partial charge is 0.0452 e. The van der Waals surface area contributed by atoms with Crippen molar-refractivity contribution < 1.29 is 0 Å². The molecule has 1 unspecified atom stereocenters. The Morgan fingerprint density at radius 3 is 2.24 bits per heavy atom. The van der Waals surface area contributed by atoms with E-state index in [9.17, 15) is 0 Å². The average molecular weight is 274 g/mol. The Bertz CT molecular complexity index is 330. The molecule has 0 saturated heterocycles. The van der Waals surface area contributed by atoms with Crippen molar-refractivity contribution in [1.29, 1.82) is 0 Å². The van der Waals surface area contributed by atoms with Gasteiger partial charge >= 0.3 is 0 Å². The Labute approximate surface area is 115 Å². The molecule has 0 aliphatic carbocycles. The molecule has 0 saturated carbocycles. The molecule has 1 aromatic carbocycles. The maximum Gasteiger partial charge on any atom is 0.0452 e. The summed E-state index contributed by atoms with van der Waals surface area (Å²) in [5.41, 5.74) is 1.08. The van der Waals surface area contributed by atoms with Gasteiger partial charge in [0, 0.05) is 10.0 Å². The third-order valence-electron chi connectivity index (χ3n) is 2.85. The topological polar surface area (TPSA) is 12.0 Å². The maximum atomic E-state index is 6.21. The van der Waals surface area contributed by atoms with E-state index < -0.39 is 0 Å². The van der Waals surface area contributed by atoms with E-state index >= 15 is 0 Å². The van der Waals surface area contributed by atoms with Crippen LogP contribution in [0.3, 0.4) is 0 Å². The minimum Gasteiger partial charge on any atom is -0.319 e. The molecule has 0 radical (unpaired) electrons. The van der Waals surface area contributed by atoms with Crippen LogP contribution in [0.5, 0.6) is 0 Å². The summed E-state index contributed by atoms with van der Waals surface area (Å²) >= 11 is 12.4. The molecular weight excluding hydrogens is 253 g/mol. The van der Waals surface area contributed by atoms with Gasteiger partial charge in [-0.2, -0.15) is 0 Å². The van der Waals surface area contributed by atoms with Crippen molar-refractivity contribution in [3.63, 3.8) is 0 Å². The molecule has 0 amide bonds. The van der Waals surface area contributed by atoms with Crippen molar-refractivity contribution in [2.24, 2.45) is 11.8 Å². The number of rotatable bonds is 6. The van der Waals surface area contributed by atoms with Gasteiger partial charge in [0.1, 0.15) is 0 Å². The third-order valence-corrected chi connectivity index (χ3v) is 3.56. The summed E-state index contributed by atoms with van der Waals surface area (Å²) in [5.74, 6) is 1.27. The fourth-order valence-electron chi connectivity index (χ4n) is 2.21. The van der Waals surface area contributed by atoms with Gasteiger partial charge in [-0.15, -0.1) is 0 Å². The van der Waals surface area contributed by atoms with E-state index in [2.05, 4.69) is 19.2 Å². The minimum absolute atomic E-state index is 0.581. The summed E-state index contributed by atoms with van der Waals surface area (Å²) in [6, 6.07) is 5.72. The third kappa shape index (κ3) is 4.87. The van der Waals surface area contributed by atoms with Gasteiger partial charge in [-0.05, 0) is 56.0 Å². The van der Waals surface area contributed by atoms with E-state index in [4.69, 9.17) is 23.2 Å². The predicted molar refractivity (Wildman–Crippen MR) is 77.0 cm³/mol. The normalized spacial score (nSPS) is 13.1. The van der Waals surface area contributed by atoms with Crippen LogP contribution < -0.4 is 5.32 Å². The highest BCUT2D eigenvalue weighted by atomic mass is 35.5. The predicted octanol–water partition coefficient (Wildman–Crippen LogP) is 4.42. The highest BCUT2D eigenvalue weighted by Crippen LogP contribution is 2.28. The lowest BCUT2D eigenvalue weighted by Crippen LogP contribution is -2.22. The Balaban J connectivity index is 2.78. The molecule has 96 valence electrons. The Morgan fingerprint density at radius 1 is 1.18 bits per heavy atom. The molecule has 0 heterocycles. The van der Waals surface area contributed by atoms with Gasteiger partial charge in [0.05, 0.1) is 0 Å². The summed E-state index contributed by atoms with van der Waals surface area (Å²) < 4.78 is 0. The summed E-state index contributed by atoms with van der Waals surface area (Å²) in [6.07, 6.45) is 2.12. The van der Waals surface area contributed by atoms with E-state index in [1.807, 2.05) is 25.2 Å². The Kier molecular flexibility index (Phi) is 6.32. The monoisotopic (exact) mass is 273 g/mol. The first kappa shape index (κ1) is 14.8. The maximum absolute atomic E-state index is 6.21. The molecule has 0 fully saturated rings. The zero-order valence-electron chi connectivity index (χ0n) is 10.8. The number of benzene rings is 1. The highest BCUT2D eigenvalue weighted by molar-refractivity contribution is 6.35. The van der Waals surface area contributed by atoms with E-state index in [0.717, 1.165) is 28.6 Å². The number of hydrogen-bond donors (Lipinski definition) is 1. The molecule has 3 heteroatoms. The first-order chi connectivity index (χ1) is 8.04. The second kappa shape index (κ2) is 7.25. The molecule has 1 rings (SSSR count). The summed E-state index contributed by atoms with van der Waals surface area (Å²) in [5, 5.41) is 4.81. The van der Waals surface area contributed by atoms with Crippen LogP contribution in [0.1, 0.15) is 25.8 Å². The summed E-state index contributed by atoms with van der Waals surface area (Å²) in [4.78, 5) is 0. The largest absolute Gasteiger partial charge is 0.319 e. The van der Waals surface area contributed by atoms with Crippen molar-refractivity contribution in [3.8, 4) is 0 Å². The molecule has 0 spiro atoms. The second-order valence-corrected chi connectivity index (χ2v) is 5.77. The molecule has 1 nitrogen and oxygen atoms in total. The zero-order chi connectivity index (χ0) is 12.8. The van der Waals surface area contributed by atoms with Crippen molar-refractivity contribution in [2.75, 3.05) is 13.6 Å². The average Bonchev–Trinajstić information content (AvgIpc) is 2.23. The van der Waals surface area contributed by atoms with Crippen LogP contribution in [0.4, 0.5) is 0 Å². The van der Waals surface area contributed by atoms with Gasteiger partial charge in [-0.3, -0.25) is 0 Å². The minimum atomic E-state index is 0.581. The Morgan fingerprint density at radius 2 is 1.76 bits per heavy atom. The van der Waals surface area contributed by atoms with Crippen LogP contribution >= 0.6 is 23.2 Å². The van der Waals surface area contributed by atoms with E-state index in [1.54, 1.807) is 0 Å². The van der Waals surface area contributed by atoms with Crippen LogP contribution in [-0.2, 0) is 6.42 Å². The molecular formula is C14H21Cl2N. The van der Waals surface area contributed by atoms with Crippen molar-refractivity contribution in [1.82, 2.24) is 5.32 Å². The lowest BCUT2D eigenvalue weighted by Gasteiger charge is -2.20. The molecule has 0 aliphatic heterocycles. The molecule has 1 aromatic rings. The van der Waals surface area contributed by atoms with Crippen LogP contribution in [0.2, 0.25) is 10.0 Å². The highest BCUT2D eigenvalue weighted by Gasteiger charge is 2.15. The molecule has 17 heavy (non-hydrogen) atoms. The van der Waals surface area contributed by atoms with Crippen LogP contribution in [0, 0.1) is 11.8 Å². The number of hydrogen-bond acceptors (Lipinski definition) is 1. The van der Waals surface area contributed by atoms with Gasteiger partial charge in [0.25, 0.3) is 0 Å². The zero-order valence-corrected chi connectivity index (χ0v) is 12.3. The van der Waals surface area contributed by atoms with Gasteiger partial charge in [0.15, 0.2) is 0 Å². The summed E-state index contributed by atoms with van der Waals surface area (Å²) in [6.45, 7) is 5.49. The summed E-state index contributed by atoms with van der Waals surface area (Å²) in [7, 11) is 1.99. The molecule has 0 aromatic heterocycles. The SMILES string of the molecule is CNCC(Cc1c(Cl)cccc1Cl)CC(C)C. The van der Waals surface area contributed by atoms with E-state index in [1.165, 1.54) is 6.42 Å². The van der Waals surface area contributed by atoms with Crippen LogP contribution in [0.15, 0.2) is 18.2 Å². The van der Waals surface area contributed by atoms with E-state index in [0.29, 0.717) is 11.8 Å². The number of halogens is 2. The van der Waals surface area contributed by atoms with Gasteiger partial charge < -0.3 is 5.32 Å². The first-order valence-corrected chi connectivity index (χ1v) is 6.87. The van der Waals surface area contributed by atoms with Gasteiger partial charge in [0.2, 0.25) is 0 Å².